The van der Waals surface area contributed by atoms with Gasteiger partial charge in [0.15, 0.2) is 16.6 Å². The third-order valence-corrected chi connectivity index (χ3v) is 6.38. The maximum Gasteiger partial charge on any atom is 0.263 e. The van der Waals surface area contributed by atoms with Crippen LogP contribution in [0, 0.1) is 0 Å². The van der Waals surface area contributed by atoms with E-state index >= 15 is 0 Å². The van der Waals surface area contributed by atoms with E-state index in [2.05, 4.69) is 15.0 Å². The molecule has 150 valence electrons. The van der Waals surface area contributed by atoms with Crippen LogP contribution >= 0.6 is 11.3 Å². The lowest BCUT2D eigenvalue weighted by atomic mass is 10.2. The number of hydrogen-bond acceptors (Lipinski definition) is 7. The minimum Gasteiger partial charge on any atom is -0.454 e. The summed E-state index contributed by atoms with van der Waals surface area (Å²) in [6.45, 7) is 0.174. The van der Waals surface area contributed by atoms with Crippen LogP contribution in [0.5, 0.6) is 11.5 Å². The summed E-state index contributed by atoms with van der Waals surface area (Å²) >= 11 is 1.18. The molecule has 2 aromatic carbocycles. The van der Waals surface area contributed by atoms with Gasteiger partial charge in [0.25, 0.3) is 10.0 Å². The first-order valence-corrected chi connectivity index (χ1v) is 11.1. The lowest BCUT2D eigenvalue weighted by Gasteiger charge is -2.06. The normalized spacial score (nSPS) is 12.6. The molecule has 10 heteroatoms. The van der Waals surface area contributed by atoms with E-state index in [9.17, 15) is 13.2 Å². The van der Waals surface area contributed by atoms with Crippen LogP contribution in [0.2, 0.25) is 0 Å². The second kappa shape index (κ2) is 8.10. The van der Waals surface area contributed by atoms with Gasteiger partial charge in [-0.2, -0.15) is 0 Å². The number of carbonyl (C=O) groups is 1. The van der Waals surface area contributed by atoms with Gasteiger partial charge >= 0.3 is 0 Å². The number of ether oxygens (including phenoxy) is 2. The molecule has 8 nitrogen and oxygen atoms in total. The number of fused-ring (bicyclic) bond motifs is 1. The highest BCUT2D eigenvalue weighted by molar-refractivity contribution is 7.93. The van der Waals surface area contributed by atoms with E-state index in [0.29, 0.717) is 29.3 Å². The monoisotopic (exact) mass is 431 g/mol. The quantitative estimate of drug-likeness (QED) is 0.595. The molecular weight excluding hydrogens is 414 g/mol. The number of amides is 1. The van der Waals surface area contributed by atoms with Crippen molar-refractivity contribution < 1.29 is 22.7 Å². The number of carbonyl (C=O) groups excluding carboxylic acids is 1. The van der Waals surface area contributed by atoms with E-state index in [1.54, 1.807) is 41.8 Å². The fourth-order valence-corrected chi connectivity index (χ4v) is 4.70. The number of aromatic nitrogens is 1. The van der Waals surface area contributed by atoms with Gasteiger partial charge in [0.2, 0.25) is 12.7 Å². The summed E-state index contributed by atoms with van der Waals surface area (Å²) in [5, 5.41) is 4.79. The average molecular weight is 431 g/mol. The van der Waals surface area contributed by atoms with Gasteiger partial charge in [0.05, 0.1) is 10.6 Å². The molecule has 1 aliphatic rings. The van der Waals surface area contributed by atoms with Crippen molar-refractivity contribution in [3.8, 4) is 11.5 Å². The molecule has 0 saturated carbocycles. The first-order valence-electron chi connectivity index (χ1n) is 8.71. The minimum atomic E-state index is -3.68. The molecular formula is C19H17N3O5S2. The molecule has 0 aliphatic carbocycles. The smallest absolute Gasteiger partial charge is 0.263 e. The lowest BCUT2D eigenvalue weighted by molar-refractivity contribution is -0.116. The van der Waals surface area contributed by atoms with Gasteiger partial charge in [-0.15, -0.1) is 11.3 Å². The van der Waals surface area contributed by atoms with Gasteiger partial charge in [0.1, 0.15) is 0 Å². The van der Waals surface area contributed by atoms with Crippen molar-refractivity contribution in [2.24, 2.45) is 0 Å². The zero-order chi connectivity index (χ0) is 20.3. The topological polar surface area (TPSA) is 107 Å². The molecule has 0 bridgehead atoms. The zero-order valence-corrected chi connectivity index (χ0v) is 16.8. The van der Waals surface area contributed by atoms with Crippen LogP contribution in [-0.4, -0.2) is 26.1 Å². The number of rotatable bonds is 7. The first kappa shape index (κ1) is 19.2. The number of benzene rings is 2. The van der Waals surface area contributed by atoms with Crippen LogP contribution in [0.4, 0.5) is 10.8 Å². The highest BCUT2D eigenvalue weighted by atomic mass is 32.2. The van der Waals surface area contributed by atoms with Crippen LogP contribution in [-0.2, 0) is 21.2 Å². The van der Waals surface area contributed by atoms with Gasteiger partial charge in [-0.25, -0.2) is 13.4 Å². The molecule has 4 rings (SSSR count). The fourth-order valence-electron chi connectivity index (χ4n) is 2.68. The Morgan fingerprint density at radius 2 is 1.90 bits per heavy atom. The number of aryl methyl sites for hydroxylation is 1. The van der Waals surface area contributed by atoms with Crippen LogP contribution in [0.15, 0.2) is 58.8 Å². The second-order valence-corrected chi connectivity index (χ2v) is 8.72. The Bertz CT molecular complexity index is 1130. The molecule has 0 spiro atoms. The Hall–Kier alpha value is -3.11. The number of anilines is 2. The molecule has 29 heavy (non-hydrogen) atoms. The maximum atomic E-state index is 12.3. The Morgan fingerprint density at radius 3 is 2.72 bits per heavy atom. The minimum absolute atomic E-state index is 0.167. The van der Waals surface area contributed by atoms with Gasteiger partial charge in [-0.05, 0) is 30.7 Å². The van der Waals surface area contributed by atoms with Crippen molar-refractivity contribution in [3.05, 3.63) is 59.6 Å². The number of thiazole rings is 1. The second-order valence-electron chi connectivity index (χ2n) is 6.18. The highest BCUT2D eigenvalue weighted by Crippen LogP contribution is 2.34. The highest BCUT2D eigenvalue weighted by Gasteiger charge is 2.17. The van der Waals surface area contributed by atoms with E-state index in [-0.39, 0.29) is 29.1 Å². The predicted octanol–water partition coefficient (Wildman–Crippen LogP) is 3.24. The molecule has 1 aromatic heterocycles. The third kappa shape index (κ3) is 4.66. The van der Waals surface area contributed by atoms with Gasteiger partial charge < -0.3 is 14.8 Å². The van der Waals surface area contributed by atoms with Crippen LogP contribution in [0.3, 0.4) is 0 Å². The predicted molar refractivity (Wildman–Crippen MR) is 109 cm³/mol. The molecule has 1 amide bonds. The van der Waals surface area contributed by atoms with E-state index in [1.165, 1.54) is 23.5 Å². The van der Waals surface area contributed by atoms with Crippen molar-refractivity contribution in [3.63, 3.8) is 0 Å². The number of nitrogens with one attached hydrogen (secondary N) is 2. The molecule has 2 N–H and O–H groups in total. The average Bonchev–Trinajstić information content (AvgIpc) is 3.35. The standard InChI is InChI=1S/C19H17N3O5S2/c23-18(20-13-6-8-16-17(10-13)27-12-26-16)9-7-14-11-28-19(21-14)22-29(24,25)15-4-2-1-3-5-15/h1-6,8,10-11H,7,9,12H2,(H,20,23)(H,21,22). The largest absolute Gasteiger partial charge is 0.454 e. The van der Waals surface area contributed by atoms with Crippen molar-refractivity contribution in [1.82, 2.24) is 4.98 Å². The zero-order valence-electron chi connectivity index (χ0n) is 15.1. The summed E-state index contributed by atoms with van der Waals surface area (Å²) in [6.07, 6.45) is 0.600. The Labute approximate surface area is 171 Å². The number of hydrogen-bond donors (Lipinski definition) is 2. The van der Waals surface area contributed by atoms with Gasteiger partial charge in [-0.3, -0.25) is 9.52 Å². The number of sulfonamides is 1. The fraction of sp³-hybridized carbons (Fsp3) is 0.158. The molecule has 0 saturated heterocycles. The van der Waals surface area contributed by atoms with Crippen molar-refractivity contribution in [2.75, 3.05) is 16.8 Å². The lowest BCUT2D eigenvalue weighted by Crippen LogP contribution is -2.13. The molecule has 3 aromatic rings. The maximum absolute atomic E-state index is 12.3. The van der Waals surface area contributed by atoms with Crippen molar-refractivity contribution >= 4 is 38.1 Å². The Kier molecular flexibility index (Phi) is 5.36. The van der Waals surface area contributed by atoms with Gasteiger partial charge in [-0.1, -0.05) is 18.2 Å². The third-order valence-electron chi connectivity index (χ3n) is 4.09. The molecule has 2 heterocycles. The van der Waals surface area contributed by atoms with E-state index < -0.39 is 10.0 Å². The molecule has 0 atom stereocenters. The molecule has 1 aliphatic heterocycles. The van der Waals surface area contributed by atoms with Crippen LogP contribution < -0.4 is 19.5 Å². The van der Waals surface area contributed by atoms with E-state index in [0.717, 1.165) is 0 Å². The van der Waals surface area contributed by atoms with Gasteiger partial charge in [0, 0.05) is 23.6 Å². The summed E-state index contributed by atoms with van der Waals surface area (Å²) in [7, 11) is -3.68. The first-order chi connectivity index (χ1) is 14.0. The summed E-state index contributed by atoms with van der Waals surface area (Å²) in [6, 6.07) is 13.3. The molecule has 0 unspecified atom stereocenters. The van der Waals surface area contributed by atoms with Crippen LogP contribution in [0.25, 0.3) is 0 Å². The summed E-state index contributed by atoms with van der Waals surface area (Å²) < 4.78 is 37.7. The van der Waals surface area contributed by atoms with Crippen LogP contribution in [0.1, 0.15) is 12.1 Å². The summed E-state index contributed by atoms with van der Waals surface area (Å²) in [5.74, 6) is 1.07. The van der Waals surface area contributed by atoms with E-state index in [4.69, 9.17) is 9.47 Å². The Balaban J connectivity index is 1.32. The molecule has 0 fully saturated rings. The van der Waals surface area contributed by atoms with E-state index in [1.807, 2.05) is 0 Å². The Morgan fingerprint density at radius 1 is 1.10 bits per heavy atom. The van der Waals surface area contributed by atoms with Crippen molar-refractivity contribution in [1.29, 1.82) is 0 Å². The SMILES string of the molecule is O=C(CCc1csc(NS(=O)(=O)c2ccccc2)n1)Nc1ccc2c(c1)OCO2. The molecule has 0 radical (unpaired) electrons. The summed E-state index contributed by atoms with van der Waals surface area (Å²) in [4.78, 5) is 16.6. The number of nitrogens with zero attached hydrogens (tertiary/aromatic N) is 1. The van der Waals surface area contributed by atoms with Crippen molar-refractivity contribution in [2.45, 2.75) is 17.7 Å². The summed E-state index contributed by atoms with van der Waals surface area (Å²) in [5.41, 5.74) is 1.26.